The number of rotatable bonds is 7. The molecular formula is C14H23FN2O2. The minimum atomic E-state index is -0.388. The highest BCUT2D eigenvalue weighted by Gasteiger charge is 2.16. The normalized spacial score (nSPS) is 12.5. The van der Waals surface area contributed by atoms with Crippen molar-refractivity contribution in [1.82, 2.24) is 0 Å². The van der Waals surface area contributed by atoms with Gasteiger partial charge in [0.15, 0.2) is 0 Å². The van der Waals surface area contributed by atoms with E-state index in [0.29, 0.717) is 30.6 Å². The van der Waals surface area contributed by atoms with E-state index in [1.165, 1.54) is 13.2 Å². The summed E-state index contributed by atoms with van der Waals surface area (Å²) in [6.45, 7) is 7.22. The smallest absolute Gasteiger partial charge is 0.148 e. The molecule has 108 valence electrons. The Morgan fingerprint density at radius 2 is 2.05 bits per heavy atom. The third-order valence-electron chi connectivity index (χ3n) is 2.97. The van der Waals surface area contributed by atoms with E-state index in [1.807, 2.05) is 6.92 Å². The summed E-state index contributed by atoms with van der Waals surface area (Å²) in [4.78, 5) is 0. The van der Waals surface area contributed by atoms with Gasteiger partial charge in [-0.2, -0.15) is 0 Å². The number of benzene rings is 1. The lowest BCUT2D eigenvalue weighted by atomic mass is 10.0. The fourth-order valence-corrected chi connectivity index (χ4v) is 1.70. The van der Waals surface area contributed by atoms with E-state index in [4.69, 9.17) is 15.2 Å². The summed E-state index contributed by atoms with van der Waals surface area (Å²) in [7, 11) is 1.51. The Hall–Kier alpha value is -1.49. The molecule has 0 saturated heterocycles. The minimum absolute atomic E-state index is 0.0304. The fourth-order valence-electron chi connectivity index (χ4n) is 1.70. The molecule has 0 spiro atoms. The Labute approximate surface area is 114 Å². The molecule has 1 aromatic rings. The van der Waals surface area contributed by atoms with Crippen LogP contribution >= 0.6 is 0 Å². The molecule has 1 unspecified atom stereocenters. The molecule has 3 N–H and O–H groups in total. The third kappa shape index (κ3) is 4.28. The zero-order chi connectivity index (χ0) is 14.4. The molecule has 0 aromatic heterocycles. The molecule has 0 aliphatic carbocycles. The van der Waals surface area contributed by atoms with Crippen molar-refractivity contribution in [2.75, 3.05) is 31.4 Å². The molecule has 0 saturated carbocycles. The molecular weight excluding hydrogens is 247 g/mol. The second-order valence-corrected chi connectivity index (χ2v) is 4.73. The summed E-state index contributed by atoms with van der Waals surface area (Å²) < 4.78 is 24.4. The summed E-state index contributed by atoms with van der Waals surface area (Å²) in [5.41, 5.74) is 6.32. The highest BCUT2D eigenvalue weighted by atomic mass is 19.1. The number of hydrogen-bond donors (Lipinski definition) is 2. The fraction of sp³-hybridized carbons (Fsp3) is 0.571. The van der Waals surface area contributed by atoms with Crippen molar-refractivity contribution in [3.05, 3.63) is 17.9 Å². The van der Waals surface area contributed by atoms with Crippen LogP contribution in [0.25, 0.3) is 0 Å². The van der Waals surface area contributed by atoms with Crippen molar-refractivity contribution in [1.29, 1.82) is 0 Å². The number of hydrogen-bond acceptors (Lipinski definition) is 4. The van der Waals surface area contributed by atoms with Crippen LogP contribution in [-0.4, -0.2) is 26.4 Å². The lowest BCUT2D eigenvalue weighted by molar-refractivity contribution is 0.126. The maximum atomic E-state index is 13.9. The first kappa shape index (κ1) is 15.6. The zero-order valence-electron chi connectivity index (χ0n) is 12.0. The quantitative estimate of drug-likeness (QED) is 0.748. The average molecular weight is 270 g/mol. The van der Waals surface area contributed by atoms with Gasteiger partial charge in [-0.05, 0) is 12.8 Å². The maximum Gasteiger partial charge on any atom is 0.148 e. The number of halogens is 1. The Morgan fingerprint density at radius 3 is 2.58 bits per heavy atom. The summed E-state index contributed by atoms with van der Waals surface area (Å²) in [6, 6.07) is 2.87. The monoisotopic (exact) mass is 270 g/mol. The van der Waals surface area contributed by atoms with Gasteiger partial charge in [0.05, 0.1) is 31.1 Å². The lowest BCUT2D eigenvalue weighted by Crippen LogP contribution is -2.31. The van der Waals surface area contributed by atoms with E-state index < -0.39 is 0 Å². The first-order valence-corrected chi connectivity index (χ1v) is 6.46. The van der Waals surface area contributed by atoms with Crippen LogP contribution in [0, 0.1) is 11.7 Å². The molecule has 5 heteroatoms. The summed E-state index contributed by atoms with van der Waals surface area (Å²) in [5.74, 6) is 0.387. The van der Waals surface area contributed by atoms with Gasteiger partial charge in [0.1, 0.15) is 11.6 Å². The molecule has 0 fully saturated rings. The number of nitrogens with one attached hydrogen (secondary N) is 1. The number of nitrogens with two attached hydrogens (primary N) is 1. The standard InChI is InChI=1S/C14H23FN2O2/c1-5-19-8-13(9(2)3)17-12-7-14(18-4)11(16)6-10(12)15/h6-7,9,13,17H,5,8,16H2,1-4H3. The van der Waals surface area contributed by atoms with E-state index in [9.17, 15) is 4.39 Å². The molecule has 0 heterocycles. The molecule has 19 heavy (non-hydrogen) atoms. The van der Waals surface area contributed by atoms with Crippen LogP contribution in [0.3, 0.4) is 0 Å². The predicted octanol–water partition coefficient (Wildman–Crippen LogP) is 2.89. The molecule has 0 amide bonds. The van der Waals surface area contributed by atoms with Gasteiger partial charge in [-0.25, -0.2) is 4.39 Å². The summed E-state index contributed by atoms with van der Waals surface area (Å²) >= 11 is 0. The molecule has 4 nitrogen and oxygen atoms in total. The number of anilines is 2. The van der Waals surface area contributed by atoms with Crippen molar-refractivity contribution in [2.24, 2.45) is 5.92 Å². The van der Waals surface area contributed by atoms with Gasteiger partial charge in [-0.3, -0.25) is 0 Å². The van der Waals surface area contributed by atoms with Gasteiger partial charge in [-0.15, -0.1) is 0 Å². The number of nitrogen functional groups attached to an aromatic ring is 1. The topological polar surface area (TPSA) is 56.5 Å². The van der Waals surface area contributed by atoms with Gasteiger partial charge in [-0.1, -0.05) is 13.8 Å². The molecule has 1 atom stereocenters. The van der Waals surface area contributed by atoms with Crippen LogP contribution in [0.1, 0.15) is 20.8 Å². The molecule has 0 aliphatic rings. The van der Waals surface area contributed by atoms with E-state index in [0.717, 1.165) is 0 Å². The average Bonchev–Trinajstić information content (AvgIpc) is 2.36. The summed E-state index contributed by atoms with van der Waals surface area (Å²) in [5, 5.41) is 3.15. The van der Waals surface area contributed by atoms with E-state index >= 15 is 0 Å². The molecule has 1 rings (SSSR count). The van der Waals surface area contributed by atoms with Gasteiger partial charge in [0.2, 0.25) is 0 Å². The van der Waals surface area contributed by atoms with Crippen LogP contribution in [0.15, 0.2) is 12.1 Å². The second kappa shape index (κ2) is 7.19. The third-order valence-corrected chi connectivity index (χ3v) is 2.97. The Morgan fingerprint density at radius 1 is 1.37 bits per heavy atom. The molecule has 1 aromatic carbocycles. The second-order valence-electron chi connectivity index (χ2n) is 4.73. The lowest BCUT2D eigenvalue weighted by Gasteiger charge is -2.24. The molecule has 0 aliphatic heterocycles. The number of ether oxygens (including phenoxy) is 2. The highest BCUT2D eigenvalue weighted by molar-refractivity contribution is 5.62. The highest BCUT2D eigenvalue weighted by Crippen LogP contribution is 2.29. The van der Waals surface area contributed by atoms with E-state index in [-0.39, 0.29) is 17.5 Å². The predicted molar refractivity (Wildman–Crippen MR) is 76.1 cm³/mol. The first-order valence-electron chi connectivity index (χ1n) is 6.46. The van der Waals surface area contributed by atoms with Crippen molar-refractivity contribution in [2.45, 2.75) is 26.8 Å². The molecule has 0 bridgehead atoms. The van der Waals surface area contributed by atoms with E-state index in [1.54, 1.807) is 6.07 Å². The Kier molecular flexibility index (Phi) is 5.89. The Bertz CT molecular complexity index is 411. The SMILES string of the molecule is CCOCC(Nc1cc(OC)c(N)cc1F)C(C)C. The van der Waals surface area contributed by atoms with Crippen molar-refractivity contribution in [3.63, 3.8) is 0 Å². The van der Waals surface area contributed by atoms with Crippen LogP contribution in [-0.2, 0) is 4.74 Å². The largest absolute Gasteiger partial charge is 0.495 e. The van der Waals surface area contributed by atoms with Crippen molar-refractivity contribution in [3.8, 4) is 5.75 Å². The van der Waals surface area contributed by atoms with E-state index in [2.05, 4.69) is 19.2 Å². The molecule has 0 radical (unpaired) electrons. The zero-order valence-corrected chi connectivity index (χ0v) is 12.0. The number of methoxy groups -OCH3 is 1. The van der Waals surface area contributed by atoms with Crippen molar-refractivity contribution >= 4 is 11.4 Å². The van der Waals surface area contributed by atoms with Crippen LogP contribution in [0.5, 0.6) is 5.75 Å². The van der Waals surface area contributed by atoms with Gasteiger partial charge in [0, 0.05) is 18.7 Å². The first-order chi connectivity index (χ1) is 8.99. The van der Waals surface area contributed by atoms with Crippen molar-refractivity contribution < 1.29 is 13.9 Å². The van der Waals surface area contributed by atoms with Crippen LogP contribution in [0.4, 0.5) is 15.8 Å². The minimum Gasteiger partial charge on any atom is -0.495 e. The van der Waals surface area contributed by atoms with Crippen LogP contribution < -0.4 is 15.8 Å². The van der Waals surface area contributed by atoms with Gasteiger partial charge >= 0.3 is 0 Å². The Balaban J connectivity index is 2.89. The van der Waals surface area contributed by atoms with Gasteiger partial charge in [0.25, 0.3) is 0 Å². The summed E-state index contributed by atoms with van der Waals surface area (Å²) in [6.07, 6.45) is 0. The van der Waals surface area contributed by atoms with Crippen LogP contribution in [0.2, 0.25) is 0 Å². The van der Waals surface area contributed by atoms with Gasteiger partial charge < -0.3 is 20.5 Å². The maximum absolute atomic E-state index is 13.9.